The van der Waals surface area contributed by atoms with Crippen molar-refractivity contribution < 1.29 is 0 Å². The monoisotopic (exact) mass is 251 g/mol. The van der Waals surface area contributed by atoms with E-state index in [2.05, 4.69) is 27.4 Å². The van der Waals surface area contributed by atoms with Gasteiger partial charge in [-0.3, -0.25) is 5.10 Å². The summed E-state index contributed by atoms with van der Waals surface area (Å²) in [5.41, 5.74) is 9.00. The SMILES string of the molecule is CCCCCCNC(N)=NCc1c(C)n[nH]c1C. The Labute approximate surface area is 109 Å². The summed E-state index contributed by atoms with van der Waals surface area (Å²) in [6, 6.07) is 0. The lowest BCUT2D eigenvalue weighted by molar-refractivity contribution is 0.652. The maximum Gasteiger partial charge on any atom is 0.188 e. The third-order valence-electron chi connectivity index (χ3n) is 3.02. The van der Waals surface area contributed by atoms with Crippen molar-refractivity contribution in [3.05, 3.63) is 17.0 Å². The predicted molar refractivity (Wildman–Crippen MR) is 75.5 cm³/mol. The maximum absolute atomic E-state index is 5.81. The summed E-state index contributed by atoms with van der Waals surface area (Å²) in [5.74, 6) is 0.520. The van der Waals surface area contributed by atoms with E-state index >= 15 is 0 Å². The van der Waals surface area contributed by atoms with Gasteiger partial charge >= 0.3 is 0 Å². The molecule has 4 N–H and O–H groups in total. The summed E-state index contributed by atoms with van der Waals surface area (Å²) >= 11 is 0. The molecule has 102 valence electrons. The van der Waals surface area contributed by atoms with Gasteiger partial charge in [-0.1, -0.05) is 26.2 Å². The van der Waals surface area contributed by atoms with Gasteiger partial charge in [-0.05, 0) is 20.3 Å². The Morgan fingerprint density at radius 2 is 2.11 bits per heavy atom. The van der Waals surface area contributed by atoms with Crippen LogP contribution in [0.4, 0.5) is 0 Å². The lowest BCUT2D eigenvalue weighted by Crippen LogP contribution is -2.32. The number of aromatic nitrogens is 2. The molecule has 0 aromatic carbocycles. The van der Waals surface area contributed by atoms with Crippen LogP contribution in [0.25, 0.3) is 0 Å². The molecule has 0 amide bonds. The second-order valence-electron chi connectivity index (χ2n) is 4.60. The van der Waals surface area contributed by atoms with E-state index in [0.29, 0.717) is 12.5 Å². The minimum atomic E-state index is 0.520. The molecule has 18 heavy (non-hydrogen) atoms. The van der Waals surface area contributed by atoms with Crippen molar-refractivity contribution in [1.29, 1.82) is 0 Å². The van der Waals surface area contributed by atoms with E-state index in [-0.39, 0.29) is 0 Å². The Morgan fingerprint density at radius 3 is 2.72 bits per heavy atom. The number of nitrogens with two attached hydrogens (primary N) is 1. The normalized spacial score (nSPS) is 11.8. The number of hydrogen-bond acceptors (Lipinski definition) is 2. The van der Waals surface area contributed by atoms with Crippen molar-refractivity contribution in [2.75, 3.05) is 6.54 Å². The van der Waals surface area contributed by atoms with Gasteiger partial charge in [0.1, 0.15) is 0 Å². The van der Waals surface area contributed by atoms with Gasteiger partial charge in [0.05, 0.1) is 12.2 Å². The van der Waals surface area contributed by atoms with Crippen molar-refractivity contribution in [2.24, 2.45) is 10.7 Å². The minimum Gasteiger partial charge on any atom is -0.370 e. The molecule has 0 aliphatic rings. The minimum absolute atomic E-state index is 0.520. The second kappa shape index (κ2) is 7.74. The molecule has 1 aromatic rings. The third kappa shape index (κ3) is 4.77. The molecule has 1 rings (SSSR count). The number of aryl methyl sites for hydroxylation is 2. The average Bonchev–Trinajstić information content (AvgIpc) is 2.66. The van der Waals surface area contributed by atoms with Gasteiger partial charge in [0.2, 0.25) is 0 Å². The Bertz CT molecular complexity index is 361. The molecular formula is C13H25N5. The quantitative estimate of drug-likeness (QED) is 0.394. The highest BCUT2D eigenvalue weighted by atomic mass is 15.1. The number of guanidine groups is 1. The first-order valence-electron chi connectivity index (χ1n) is 6.69. The first-order valence-corrected chi connectivity index (χ1v) is 6.69. The van der Waals surface area contributed by atoms with Crippen molar-refractivity contribution in [2.45, 2.75) is 53.0 Å². The third-order valence-corrected chi connectivity index (χ3v) is 3.02. The molecule has 5 nitrogen and oxygen atoms in total. The molecule has 0 radical (unpaired) electrons. The molecular weight excluding hydrogens is 226 g/mol. The van der Waals surface area contributed by atoms with Crippen LogP contribution in [0.15, 0.2) is 4.99 Å². The van der Waals surface area contributed by atoms with E-state index in [1.807, 2.05) is 13.8 Å². The lowest BCUT2D eigenvalue weighted by Gasteiger charge is -2.05. The van der Waals surface area contributed by atoms with Gasteiger partial charge in [0.15, 0.2) is 5.96 Å². The molecule has 5 heteroatoms. The van der Waals surface area contributed by atoms with Crippen LogP contribution >= 0.6 is 0 Å². The first kappa shape index (κ1) is 14.5. The Morgan fingerprint density at radius 1 is 1.33 bits per heavy atom. The van der Waals surface area contributed by atoms with Gasteiger partial charge in [-0.25, -0.2) is 4.99 Å². The predicted octanol–water partition coefficient (Wildman–Crippen LogP) is 2.01. The van der Waals surface area contributed by atoms with E-state index in [4.69, 9.17) is 5.73 Å². The summed E-state index contributed by atoms with van der Waals surface area (Å²) in [7, 11) is 0. The Hall–Kier alpha value is -1.52. The molecule has 0 saturated carbocycles. The number of aliphatic imine (C=N–C) groups is 1. The van der Waals surface area contributed by atoms with Gasteiger partial charge in [0.25, 0.3) is 0 Å². The first-order chi connectivity index (χ1) is 8.65. The number of nitrogens with zero attached hydrogens (tertiary/aromatic N) is 2. The fraction of sp³-hybridized carbons (Fsp3) is 0.692. The summed E-state index contributed by atoms with van der Waals surface area (Å²) in [5, 5.41) is 10.2. The maximum atomic E-state index is 5.81. The number of rotatable bonds is 7. The molecule has 0 fully saturated rings. The van der Waals surface area contributed by atoms with Crippen molar-refractivity contribution in [3.63, 3.8) is 0 Å². The fourth-order valence-electron chi connectivity index (χ4n) is 1.80. The summed E-state index contributed by atoms with van der Waals surface area (Å²) < 4.78 is 0. The van der Waals surface area contributed by atoms with Crippen LogP contribution in [0.2, 0.25) is 0 Å². The smallest absolute Gasteiger partial charge is 0.188 e. The zero-order valence-electron chi connectivity index (χ0n) is 11.7. The van der Waals surface area contributed by atoms with Crippen molar-refractivity contribution in [3.8, 4) is 0 Å². The summed E-state index contributed by atoms with van der Waals surface area (Å²) in [4.78, 5) is 4.33. The highest BCUT2D eigenvalue weighted by molar-refractivity contribution is 5.77. The van der Waals surface area contributed by atoms with E-state index in [1.54, 1.807) is 0 Å². The summed E-state index contributed by atoms with van der Waals surface area (Å²) in [6.45, 7) is 7.67. The number of nitrogens with one attached hydrogen (secondary N) is 2. The Balaban J connectivity index is 2.29. The van der Waals surface area contributed by atoms with E-state index in [0.717, 1.165) is 29.9 Å². The van der Waals surface area contributed by atoms with Crippen LogP contribution in [0.3, 0.4) is 0 Å². The molecule has 0 spiro atoms. The molecule has 0 aliphatic carbocycles. The zero-order chi connectivity index (χ0) is 13.4. The number of H-pyrrole nitrogens is 1. The van der Waals surface area contributed by atoms with Crippen molar-refractivity contribution in [1.82, 2.24) is 15.5 Å². The number of aromatic amines is 1. The van der Waals surface area contributed by atoms with Gasteiger partial charge < -0.3 is 11.1 Å². The number of hydrogen-bond donors (Lipinski definition) is 3. The van der Waals surface area contributed by atoms with Crippen molar-refractivity contribution >= 4 is 5.96 Å². The second-order valence-corrected chi connectivity index (χ2v) is 4.60. The summed E-state index contributed by atoms with van der Waals surface area (Å²) in [6.07, 6.45) is 4.93. The molecule has 0 unspecified atom stereocenters. The molecule has 0 bridgehead atoms. The zero-order valence-corrected chi connectivity index (χ0v) is 11.7. The van der Waals surface area contributed by atoms with Crippen LogP contribution in [0, 0.1) is 13.8 Å². The lowest BCUT2D eigenvalue weighted by atomic mass is 10.2. The van der Waals surface area contributed by atoms with Crippen LogP contribution in [0.5, 0.6) is 0 Å². The topological polar surface area (TPSA) is 79.1 Å². The standard InChI is InChI=1S/C13H25N5/c1-4-5-6-7-8-15-13(14)16-9-12-10(2)17-18-11(12)3/h4-9H2,1-3H3,(H,17,18)(H3,14,15,16). The molecule has 1 aromatic heterocycles. The average molecular weight is 251 g/mol. The van der Waals surface area contributed by atoms with E-state index < -0.39 is 0 Å². The molecule has 0 aliphatic heterocycles. The van der Waals surface area contributed by atoms with Crippen LogP contribution in [-0.2, 0) is 6.54 Å². The molecule has 0 atom stereocenters. The van der Waals surface area contributed by atoms with Gasteiger partial charge in [0, 0.05) is 17.8 Å². The highest BCUT2D eigenvalue weighted by Gasteiger charge is 2.04. The van der Waals surface area contributed by atoms with Crippen LogP contribution in [-0.4, -0.2) is 22.7 Å². The van der Waals surface area contributed by atoms with E-state index in [9.17, 15) is 0 Å². The Kier molecular flexibility index (Phi) is 6.25. The van der Waals surface area contributed by atoms with Crippen LogP contribution in [0.1, 0.15) is 49.6 Å². The fourth-order valence-corrected chi connectivity index (χ4v) is 1.80. The number of unbranched alkanes of at least 4 members (excludes halogenated alkanes) is 3. The van der Waals surface area contributed by atoms with Crippen LogP contribution < -0.4 is 11.1 Å². The van der Waals surface area contributed by atoms with Gasteiger partial charge in [-0.2, -0.15) is 5.10 Å². The largest absolute Gasteiger partial charge is 0.370 e. The van der Waals surface area contributed by atoms with Gasteiger partial charge in [-0.15, -0.1) is 0 Å². The molecule has 1 heterocycles. The molecule has 0 saturated heterocycles. The highest BCUT2D eigenvalue weighted by Crippen LogP contribution is 2.09. The van der Waals surface area contributed by atoms with E-state index in [1.165, 1.54) is 19.3 Å².